The van der Waals surface area contributed by atoms with E-state index in [-0.39, 0.29) is 5.91 Å². The van der Waals surface area contributed by atoms with Crippen LogP contribution in [-0.2, 0) is 6.61 Å². The number of carbonyl (C=O) groups excluding carboxylic acids is 1. The molecule has 1 N–H and O–H groups in total. The Morgan fingerprint density at radius 2 is 1.79 bits per heavy atom. The van der Waals surface area contributed by atoms with Gasteiger partial charge in [0.2, 0.25) is 0 Å². The van der Waals surface area contributed by atoms with E-state index in [1.54, 1.807) is 19.2 Å². The van der Waals surface area contributed by atoms with Crippen LogP contribution in [0.15, 0.2) is 65.1 Å². The van der Waals surface area contributed by atoms with Gasteiger partial charge in [-0.2, -0.15) is 0 Å². The largest absolute Gasteiger partial charge is 0.492 e. The van der Waals surface area contributed by atoms with Crippen molar-refractivity contribution < 1.29 is 14.3 Å². The Morgan fingerprint density at radius 1 is 1.04 bits per heavy atom. The van der Waals surface area contributed by atoms with Crippen molar-refractivity contribution in [2.24, 2.45) is 0 Å². The van der Waals surface area contributed by atoms with Gasteiger partial charge in [-0.15, -0.1) is 0 Å². The van der Waals surface area contributed by atoms with Gasteiger partial charge in [0.1, 0.15) is 6.61 Å². The molecule has 28 heavy (non-hydrogen) atoms. The highest BCUT2D eigenvalue weighted by Gasteiger charge is 2.16. The van der Waals surface area contributed by atoms with Crippen LogP contribution in [0.4, 0.5) is 5.69 Å². The fraction of sp³-hybridized carbons (Fsp3) is 0.174. The van der Waals surface area contributed by atoms with E-state index in [2.05, 4.69) is 21.2 Å². The Kier molecular flexibility index (Phi) is 6.37. The van der Waals surface area contributed by atoms with E-state index in [9.17, 15) is 4.79 Å². The predicted octanol–water partition coefficient (Wildman–Crippen LogP) is 5.91. The lowest BCUT2D eigenvalue weighted by Gasteiger charge is -2.15. The van der Waals surface area contributed by atoms with Gasteiger partial charge in [-0.3, -0.25) is 4.79 Å². The summed E-state index contributed by atoms with van der Waals surface area (Å²) in [6.07, 6.45) is 0. The lowest BCUT2D eigenvalue weighted by Crippen LogP contribution is -2.13. The summed E-state index contributed by atoms with van der Waals surface area (Å²) >= 11 is 3.48. The quantitative estimate of drug-likeness (QED) is 0.519. The molecule has 0 radical (unpaired) electrons. The summed E-state index contributed by atoms with van der Waals surface area (Å²) in [5.74, 6) is 0.852. The van der Waals surface area contributed by atoms with Gasteiger partial charge in [-0.1, -0.05) is 48.0 Å². The van der Waals surface area contributed by atoms with Crippen molar-refractivity contribution in [3.8, 4) is 11.5 Å². The molecule has 0 spiro atoms. The lowest BCUT2D eigenvalue weighted by atomic mass is 10.1. The molecule has 0 saturated heterocycles. The van der Waals surface area contributed by atoms with Gasteiger partial charge in [-0.05, 0) is 59.1 Å². The number of halogens is 1. The highest BCUT2D eigenvalue weighted by Crippen LogP contribution is 2.37. The van der Waals surface area contributed by atoms with Crippen molar-refractivity contribution in [3.05, 3.63) is 87.4 Å². The van der Waals surface area contributed by atoms with Gasteiger partial charge in [0.15, 0.2) is 11.5 Å². The van der Waals surface area contributed by atoms with E-state index in [4.69, 9.17) is 9.47 Å². The van der Waals surface area contributed by atoms with Gasteiger partial charge < -0.3 is 14.8 Å². The van der Waals surface area contributed by atoms with Crippen LogP contribution in [0.5, 0.6) is 11.5 Å². The Morgan fingerprint density at radius 3 is 2.46 bits per heavy atom. The van der Waals surface area contributed by atoms with Crippen LogP contribution in [0.25, 0.3) is 0 Å². The normalized spacial score (nSPS) is 10.4. The van der Waals surface area contributed by atoms with Crippen molar-refractivity contribution >= 4 is 27.5 Å². The third kappa shape index (κ3) is 4.73. The Labute approximate surface area is 173 Å². The summed E-state index contributed by atoms with van der Waals surface area (Å²) in [6, 6.07) is 19.2. The molecule has 0 aliphatic carbocycles. The minimum atomic E-state index is -0.208. The molecule has 1 amide bonds. The number of nitrogens with one attached hydrogen (secondary N) is 1. The fourth-order valence-electron chi connectivity index (χ4n) is 2.89. The predicted molar refractivity (Wildman–Crippen MR) is 115 cm³/mol. The third-order valence-corrected chi connectivity index (χ3v) is 4.93. The average molecular weight is 440 g/mol. The molecule has 0 atom stereocenters. The molecule has 0 saturated carbocycles. The topological polar surface area (TPSA) is 47.6 Å². The second-order valence-electron chi connectivity index (χ2n) is 6.54. The van der Waals surface area contributed by atoms with Crippen LogP contribution in [0.3, 0.4) is 0 Å². The molecule has 5 heteroatoms. The van der Waals surface area contributed by atoms with E-state index >= 15 is 0 Å². The van der Waals surface area contributed by atoms with Crippen LogP contribution in [0.2, 0.25) is 0 Å². The maximum absolute atomic E-state index is 12.8. The van der Waals surface area contributed by atoms with Crippen LogP contribution < -0.4 is 14.8 Å². The SMILES string of the molecule is COc1c(Br)cc(C(=O)Nc2ccc(C)cc2C)cc1OCc1ccccc1. The molecule has 0 heterocycles. The number of hydrogen-bond acceptors (Lipinski definition) is 3. The van der Waals surface area contributed by atoms with Crippen LogP contribution in [0, 0.1) is 13.8 Å². The maximum Gasteiger partial charge on any atom is 0.255 e. The summed E-state index contributed by atoms with van der Waals surface area (Å²) in [4.78, 5) is 12.8. The van der Waals surface area contributed by atoms with Gasteiger partial charge >= 0.3 is 0 Å². The zero-order valence-corrected chi connectivity index (χ0v) is 17.7. The fourth-order valence-corrected chi connectivity index (χ4v) is 3.49. The van der Waals surface area contributed by atoms with E-state index in [0.29, 0.717) is 28.1 Å². The minimum absolute atomic E-state index is 0.208. The van der Waals surface area contributed by atoms with Crippen LogP contribution in [0.1, 0.15) is 27.0 Å². The second-order valence-corrected chi connectivity index (χ2v) is 7.39. The number of carbonyl (C=O) groups is 1. The number of benzene rings is 3. The van der Waals surface area contributed by atoms with Crippen molar-refractivity contribution in [1.29, 1.82) is 0 Å². The maximum atomic E-state index is 12.8. The van der Waals surface area contributed by atoms with E-state index in [1.807, 2.05) is 62.4 Å². The smallest absolute Gasteiger partial charge is 0.255 e. The monoisotopic (exact) mass is 439 g/mol. The first-order valence-electron chi connectivity index (χ1n) is 8.91. The summed E-state index contributed by atoms with van der Waals surface area (Å²) in [5.41, 5.74) is 4.47. The molecular formula is C23H22BrNO3. The van der Waals surface area contributed by atoms with Crippen molar-refractivity contribution in [2.45, 2.75) is 20.5 Å². The van der Waals surface area contributed by atoms with Crippen LogP contribution in [-0.4, -0.2) is 13.0 Å². The molecule has 0 unspecified atom stereocenters. The van der Waals surface area contributed by atoms with Crippen molar-refractivity contribution in [3.63, 3.8) is 0 Å². The molecule has 4 nitrogen and oxygen atoms in total. The number of ether oxygens (including phenoxy) is 2. The van der Waals surface area contributed by atoms with Gasteiger partial charge in [-0.25, -0.2) is 0 Å². The first kappa shape index (κ1) is 20.0. The Balaban J connectivity index is 1.84. The highest BCUT2D eigenvalue weighted by molar-refractivity contribution is 9.10. The molecule has 3 aromatic carbocycles. The van der Waals surface area contributed by atoms with Crippen molar-refractivity contribution in [1.82, 2.24) is 0 Å². The highest BCUT2D eigenvalue weighted by atomic mass is 79.9. The van der Waals surface area contributed by atoms with E-state index in [0.717, 1.165) is 22.4 Å². The number of hydrogen-bond donors (Lipinski definition) is 1. The van der Waals surface area contributed by atoms with E-state index in [1.165, 1.54) is 0 Å². The number of anilines is 1. The standard InChI is InChI=1S/C23H22BrNO3/c1-15-9-10-20(16(2)11-15)25-23(26)18-12-19(24)22(27-3)21(13-18)28-14-17-7-5-4-6-8-17/h4-13H,14H2,1-3H3,(H,25,26). The molecule has 3 rings (SSSR count). The Bertz CT molecular complexity index is 987. The van der Waals surface area contributed by atoms with Crippen LogP contribution >= 0.6 is 15.9 Å². The number of rotatable bonds is 6. The molecule has 0 bridgehead atoms. The summed E-state index contributed by atoms with van der Waals surface area (Å²) in [5, 5.41) is 2.96. The number of methoxy groups -OCH3 is 1. The molecule has 0 fully saturated rings. The summed E-state index contributed by atoms with van der Waals surface area (Å²) in [6.45, 7) is 4.38. The zero-order chi connectivity index (χ0) is 20.1. The molecule has 144 valence electrons. The lowest BCUT2D eigenvalue weighted by molar-refractivity contribution is 0.102. The minimum Gasteiger partial charge on any atom is -0.492 e. The van der Waals surface area contributed by atoms with Gasteiger partial charge in [0, 0.05) is 11.3 Å². The first-order valence-corrected chi connectivity index (χ1v) is 9.70. The Hall–Kier alpha value is -2.79. The zero-order valence-electron chi connectivity index (χ0n) is 16.1. The summed E-state index contributed by atoms with van der Waals surface area (Å²) < 4.78 is 12.0. The third-order valence-electron chi connectivity index (χ3n) is 4.34. The average Bonchev–Trinajstić information content (AvgIpc) is 2.69. The van der Waals surface area contributed by atoms with Gasteiger partial charge in [0.05, 0.1) is 11.6 Å². The van der Waals surface area contributed by atoms with Crippen molar-refractivity contribution in [2.75, 3.05) is 12.4 Å². The second kappa shape index (κ2) is 8.93. The molecule has 3 aromatic rings. The van der Waals surface area contributed by atoms with E-state index < -0.39 is 0 Å². The molecular weight excluding hydrogens is 418 g/mol. The number of amides is 1. The first-order chi connectivity index (χ1) is 13.5. The van der Waals surface area contributed by atoms with Gasteiger partial charge in [0.25, 0.3) is 5.91 Å². The molecule has 0 aromatic heterocycles. The molecule has 0 aliphatic heterocycles. The molecule has 0 aliphatic rings. The summed E-state index contributed by atoms with van der Waals surface area (Å²) in [7, 11) is 1.57. The number of aryl methyl sites for hydroxylation is 2.